The fourth-order valence-electron chi connectivity index (χ4n) is 6.54. The van der Waals surface area contributed by atoms with Crippen LogP contribution >= 0.6 is 0 Å². The summed E-state index contributed by atoms with van der Waals surface area (Å²) >= 11 is 0. The number of anilines is 1. The third kappa shape index (κ3) is 4.71. The Morgan fingerprint density at radius 1 is 1.05 bits per heavy atom. The molecule has 3 aromatic carbocycles. The van der Waals surface area contributed by atoms with E-state index in [0.29, 0.717) is 30.2 Å². The van der Waals surface area contributed by atoms with Crippen LogP contribution in [0.5, 0.6) is 11.5 Å². The summed E-state index contributed by atoms with van der Waals surface area (Å²) in [5.74, 6) is 3.28. The molecular weight excluding hydrogens is 481 g/mol. The van der Waals surface area contributed by atoms with Crippen LogP contribution in [0.15, 0.2) is 59.0 Å². The number of fused-ring (bicyclic) bond motifs is 2. The van der Waals surface area contributed by atoms with Gasteiger partial charge in [0.2, 0.25) is 0 Å². The molecule has 0 bridgehead atoms. The molecule has 1 saturated heterocycles. The summed E-state index contributed by atoms with van der Waals surface area (Å²) in [6, 6.07) is 16.9. The van der Waals surface area contributed by atoms with Crippen LogP contribution in [0, 0.1) is 17.7 Å². The Morgan fingerprint density at radius 3 is 2.66 bits per heavy atom. The third-order valence-corrected chi connectivity index (χ3v) is 8.21. The first-order chi connectivity index (χ1) is 18.5. The summed E-state index contributed by atoms with van der Waals surface area (Å²) in [6.07, 6.45) is 4.43. The Balaban J connectivity index is 1.19. The number of rotatable bonds is 8. The van der Waals surface area contributed by atoms with Gasteiger partial charge in [-0.1, -0.05) is 12.1 Å². The smallest absolute Gasteiger partial charge is 0.195 e. The SMILES string of the molecule is CCOc1cc(CN2CC[C@H]3C(Cc4nc5cc(N)ccc5o4)CC[C@H]32)cc(OC)c1-c1ccc(F)cc1. The lowest BCUT2D eigenvalue weighted by Gasteiger charge is -2.25. The van der Waals surface area contributed by atoms with Crippen molar-refractivity contribution in [3.8, 4) is 22.6 Å². The van der Waals surface area contributed by atoms with E-state index in [-0.39, 0.29) is 5.82 Å². The van der Waals surface area contributed by atoms with Crippen molar-refractivity contribution in [1.82, 2.24) is 9.88 Å². The Bertz CT molecular complexity index is 1430. The van der Waals surface area contributed by atoms with E-state index in [2.05, 4.69) is 17.0 Å². The number of nitrogens with two attached hydrogens (primary N) is 1. The van der Waals surface area contributed by atoms with Gasteiger partial charge in [-0.25, -0.2) is 9.37 Å². The fraction of sp³-hybridized carbons (Fsp3) is 0.387. The minimum Gasteiger partial charge on any atom is -0.496 e. The lowest BCUT2D eigenvalue weighted by molar-refractivity contribution is 0.225. The summed E-state index contributed by atoms with van der Waals surface area (Å²) in [7, 11) is 1.68. The second-order valence-corrected chi connectivity index (χ2v) is 10.5. The largest absolute Gasteiger partial charge is 0.496 e. The number of aromatic nitrogens is 1. The maximum atomic E-state index is 13.6. The second-order valence-electron chi connectivity index (χ2n) is 10.5. The summed E-state index contributed by atoms with van der Waals surface area (Å²) in [5.41, 5.74) is 11.2. The molecule has 1 aliphatic carbocycles. The van der Waals surface area contributed by atoms with Gasteiger partial charge in [-0.2, -0.15) is 0 Å². The van der Waals surface area contributed by atoms with Gasteiger partial charge in [0.05, 0.1) is 19.3 Å². The van der Waals surface area contributed by atoms with Gasteiger partial charge in [-0.05, 0) is 98.2 Å². The number of likely N-dealkylation sites (tertiary alicyclic amines) is 1. The third-order valence-electron chi connectivity index (χ3n) is 8.21. The van der Waals surface area contributed by atoms with Gasteiger partial charge >= 0.3 is 0 Å². The molecule has 2 N–H and O–H groups in total. The Labute approximate surface area is 222 Å². The molecule has 2 aliphatic rings. The minimum absolute atomic E-state index is 0.262. The van der Waals surface area contributed by atoms with Crippen LogP contribution in [-0.4, -0.2) is 36.2 Å². The molecule has 1 aromatic heterocycles. The van der Waals surface area contributed by atoms with Crippen LogP contribution in [0.1, 0.15) is 37.6 Å². The van der Waals surface area contributed by atoms with Gasteiger partial charge in [0.1, 0.15) is 22.8 Å². The maximum Gasteiger partial charge on any atom is 0.195 e. The van der Waals surface area contributed by atoms with Gasteiger partial charge < -0.3 is 19.6 Å². The first kappa shape index (κ1) is 24.7. The first-order valence-electron chi connectivity index (χ1n) is 13.5. The molecule has 2 fully saturated rings. The van der Waals surface area contributed by atoms with E-state index in [1.165, 1.54) is 31.4 Å². The van der Waals surface area contributed by atoms with Crippen molar-refractivity contribution in [1.29, 1.82) is 0 Å². The fourth-order valence-corrected chi connectivity index (χ4v) is 6.54. The van der Waals surface area contributed by atoms with Gasteiger partial charge in [0.25, 0.3) is 0 Å². The van der Waals surface area contributed by atoms with Crippen molar-refractivity contribution in [2.24, 2.45) is 11.8 Å². The van der Waals surface area contributed by atoms with Crippen LogP contribution in [0.3, 0.4) is 0 Å². The molecule has 0 amide bonds. The monoisotopic (exact) mass is 515 g/mol. The number of methoxy groups -OCH3 is 1. The van der Waals surface area contributed by atoms with Crippen molar-refractivity contribution in [3.05, 3.63) is 71.9 Å². The molecule has 1 unspecified atom stereocenters. The number of hydrogen-bond donors (Lipinski definition) is 1. The van der Waals surface area contributed by atoms with Gasteiger partial charge in [0.15, 0.2) is 11.5 Å². The van der Waals surface area contributed by atoms with E-state index in [1.54, 1.807) is 19.2 Å². The van der Waals surface area contributed by atoms with Crippen LogP contribution in [0.25, 0.3) is 22.2 Å². The number of ether oxygens (including phenoxy) is 2. The first-order valence-corrected chi connectivity index (χ1v) is 13.5. The molecule has 2 heterocycles. The second kappa shape index (κ2) is 10.3. The van der Waals surface area contributed by atoms with Crippen LogP contribution in [0.2, 0.25) is 0 Å². The molecule has 4 aromatic rings. The van der Waals surface area contributed by atoms with E-state index < -0.39 is 0 Å². The highest BCUT2D eigenvalue weighted by Gasteiger charge is 2.43. The number of nitrogens with zero attached hydrogens (tertiary/aromatic N) is 2. The molecule has 0 radical (unpaired) electrons. The molecule has 6 nitrogen and oxygen atoms in total. The van der Waals surface area contributed by atoms with Crippen molar-refractivity contribution >= 4 is 16.8 Å². The zero-order valence-corrected chi connectivity index (χ0v) is 22.0. The zero-order valence-electron chi connectivity index (χ0n) is 22.0. The van der Waals surface area contributed by atoms with Crippen LogP contribution in [0.4, 0.5) is 10.1 Å². The zero-order chi connectivity index (χ0) is 26.2. The van der Waals surface area contributed by atoms with Crippen molar-refractivity contribution in [2.75, 3.05) is 26.0 Å². The van der Waals surface area contributed by atoms with Crippen molar-refractivity contribution < 1.29 is 18.3 Å². The van der Waals surface area contributed by atoms with Crippen LogP contribution < -0.4 is 15.2 Å². The standard InChI is InChI=1S/C31H34FN3O3/c1-3-37-29-15-19(14-28(36-2)31(29)20-4-7-22(32)8-5-20)18-35-13-12-24-21(6-10-26(24)35)16-30-34-25-17-23(33)9-11-27(25)38-30/h4-5,7-9,11,14-15,17,21,24,26H,3,6,10,12-13,16,18,33H2,1-2H3/t21?,24-,26+/m0/s1. The Hall–Kier alpha value is -3.58. The molecule has 1 saturated carbocycles. The lowest BCUT2D eigenvalue weighted by Crippen LogP contribution is -2.30. The highest BCUT2D eigenvalue weighted by molar-refractivity contribution is 5.78. The van der Waals surface area contributed by atoms with E-state index in [1.807, 2.05) is 25.1 Å². The van der Waals surface area contributed by atoms with E-state index in [9.17, 15) is 4.39 Å². The topological polar surface area (TPSA) is 73.8 Å². The number of halogens is 1. The number of nitrogen functional groups attached to an aromatic ring is 1. The molecule has 6 rings (SSSR count). The van der Waals surface area contributed by atoms with Gasteiger partial charge in [0, 0.05) is 24.7 Å². The van der Waals surface area contributed by atoms with Gasteiger partial charge in [-0.15, -0.1) is 0 Å². The molecule has 1 aliphatic heterocycles. The Morgan fingerprint density at radius 2 is 1.87 bits per heavy atom. The molecule has 198 valence electrons. The summed E-state index contributed by atoms with van der Waals surface area (Å²) in [6.45, 7) is 4.43. The predicted octanol–water partition coefficient (Wildman–Crippen LogP) is 6.47. The lowest BCUT2D eigenvalue weighted by atomic mass is 9.90. The number of oxazole rings is 1. The van der Waals surface area contributed by atoms with E-state index in [0.717, 1.165) is 64.7 Å². The maximum absolute atomic E-state index is 13.6. The predicted molar refractivity (Wildman–Crippen MR) is 147 cm³/mol. The molecule has 38 heavy (non-hydrogen) atoms. The molecule has 3 atom stereocenters. The molecular formula is C31H34FN3O3. The van der Waals surface area contributed by atoms with Crippen LogP contribution in [-0.2, 0) is 13.0 Å². The molecule has 0 spiro atoms. The summed E-state index contributed by atoms with van der Waals surface area (Å²) < 4.78 is 31.5. The number of hydrogen-bond acceptors (Lipinski definition) is 6. The number of benzene rings is 3. The van der Waals surface area contributed by atoms with Gasteiger partial charge in [-0.3, -0.25) is 4.90 Å². The average molecular weight is 516 g/mol. The Kier molecular flexibility index (Phi) is 6.70. The molecule has 7 heteroatoms. The summed E-state index contributed by atoms with van der Waals surface area (Å²) in [5, 5.41) is 0. The van der Waals surface area contributed by atoms with E-state index >= 15 is 0 Å². The normalized spacial score (nSPS) is 21.2. The summed E-state index contributed by atoms with van der Waals surface area (Å²) in [4.78, 5) is 7.32. The highest BCUT2D eigenvalue weighted by Crippen LogP contribution is 2.45. The van der Waals surface area contributed by atoms with Crippen molar-refractivity contribution in [3.63, 3.8) is 0 Å². The minimum atomic E-state index is -0.262. The average Bonchev–Trinajstić information content (AvgIpc) is 3.61. The van der Waals surface area contributed by atoms with E-state index in [4.69, 9.17) is 24.6 Å². The van der Waals surface area contributed by atoms with Crippen molar-refractivity contribution in [2.45, 2.75) is 45.2 Å². The highest BCUT2D eigenvalue weighted by atomic mass is 19.1. The quantitative estimate of drug-likeness (QED) is 0.271.